The molecule has 82 valence electrons. The van der Waals surface area contributed by atoms with Crippen molar-refractivity contribution >= 4 is 23.9 Å². The lowest BCUT2D eigenvalue weighted by Gasteiger charge is -2.01. The minimum atomic E-state index is -2.00. The van der Waals surface area contributed by atoms with E-state index in [1.165, 1.54) is 0 Å². The molecule has 0 radical (unpaired) electrons. The fraction of sp³-hybridized carbons (Fsp3) is 0.143. The summed E-state index contributed by atoms with van der Waals surface area (Å²) in [4.78, 5) is 41.4. The van der Waals surface area contributed by atoms with Gasteiger partial charge in [-0.1, -0.05) is 0 Å². The smallest absolute Gasteiger partial charge is 0.343 e. The fourth-order valence-electron chi connectivity index (χ4n) is 0.772. The molecule has 0 spiro atoms. The van der Waals surface area contributed by atoms with Crippen LogP contribution in [-0.4, -0.2) is 44.3 Å². The Morgan fingerprint density at radius 1 is 0.733 bits per heavy atom. The predicted molar refractivity (Wildman–Crippen MR) is 42.2 cm³/mol. The van der Waals surface area contributed by atoms with E-state index >= 15 is 0 Å². The van der Waals surface area contributed by atoms with Gasteiger partial charge in [-0.05, 0) is 0 Å². The van der Waals surface area contributed by atoms with Gasteiger partial charge in [0, 0.05) is 0 Å². The number of carboxylic acid groups (broad SMARTS) is 4. The Hall–Kier alpha value is -2.38. The standard InChI is InChI=1S/C7H6O8/c8-3(9)1-2(5(10)11)4(6(12)13)7(14)15/h1H2,(H,8,9)(H,10,11)(H,12,13)(H,14,15). The molecule has 0 aromatic rings. The molecule has 0 aliphatic heterocycles. The van der Waals surface area contributed by atoms with Crippen LogP contribution in [0.3, 0.4) is 0 Å². The minimum absolute atomic E-state index is 1.18. The van der Waals surface area contributed by atoms with E-state index in [1.54, 1.807) is 0 Å². The van der Waals surface area contributed by atoms with Crippen molar-refractivity contribution in [3.63, 3.8) is 0 Å². The second kappa shape index (κ2) is 4.74. The summed E-state index contributed by atoms with van der Waals surface area (Å²) in [5.41, 5.74) is -2.63. The van der Waals surface area contributed by atoms with Gasteiger partial charge >= 0.3 is 23.9 Å². The highest BCUT2D eigenvalue weighted by Gasteiger charge is 2.27. The Bertz CT molecular complexity index is 347. The summed E-state index contributed by atoms with van der Waals surface area (Å²) >= 11 is 0. The number of carbonyl (C=O) groups is 4. The second-order valence-electron chi connectivity index (χ2n) is 2.34. The second-order valence-corrected chi connectivity index (χ2v) is 2.34. The van der Waals surface area contributed by atoms with E-state index in [0.717, 1.165) is 0 Å². The largest absolute Gasteiger partial charge is 0.481 e. The van der Waals surface area contributed by atoms with Gasteiger partial charge in [0.25, 0.3) is 0 Å². The van der Waals surface area contributed by atoms with Gasteiger partial charge in [0.05, 0.1) is 12.0 Å². The van der Waals surface area contributed by atoms with Gasteiger partial charge in [-0.25, -0.2) is 14.4 Å². The van der Waals surface area contributed by atoms with Crippen molar-refractivity contribution < 1.29 is 39.6 Å². The maximum atomic E-state index is 10.4. The van der Waals surface area contributed by atoms with Crippen LogP contribution in [-0.2, 0) is 19.2 Å². The van der Waals surface area contributed by atoms with Crippen molar-refractivity contribution in [3.05, 3.63) is 11.1 Å². The van der Waals surface area contributed by atoms with Crippen LogP contribution in [0.1, 0.15) is 6.42 Å². The zero-order chi connectivity index (χ0) is 12.2. The molecule has 0 bridgehead atoms. The Labute approximate surface area is 82.1 Å². The van der Waals surface area contributed by atoms with Crippen LogP contribution in [0.5, 0.6) is 0 Å². The van der Waals surface area contributed by atoms with E-state index in [2.05, 4.69) is 0 Å². The van der Waals surface area contributed by atoms with Crippen LogP contribution in [0.2, 0.25) is 0 Å². The molecular formula is C7H6O8. The Morgan fingerprint density at radius 2 is 1.13 bits per heavy atom. The molecule has 0 atom stereocenters. The molecule has 0 saturated carbocycles. The molecule has 0 aromatic carbocycles. The first-order chi connectivity index (χ1) is 6.77. The summed E-state index contributed by atoms with van der Waals surface area (Å²) in [6.07, 6.45) is -1.18. The van der Waals surface area contributed by atoms with Gasteiger partial charge < -0.3 is 20.4 Å². The first-order valence-electron chi connectivity index (χ1n) is 3.42. The first-order valence-corrected chi connectivity index (χ1v) is 3.42. The average Bonchev–Trinajstić information content (AvgIpc) is 2.00. The molecule has 0 unspecified atom stereocenters. The van der Waals surface area contributed by atoms with Crippen LogP contribution in [0, 0.1) is 0 Å². The van der Waals surface area contributed by atoms with Crippen LogP contribution in [0.4, 0.5) is 0 Å². The summed E-state index contributed by atoms with van der Waals surface area (Å²) in [5, 5.41) is 33.5. The van der Waals surface area contributed by atoms with E-state index in [0.29, 0.717) is 0 Å². The molecular weight excluding hydrogens is 212 g/mol. The zero-order valence-corrected chi connectivity index (χ0v) is 7.13. The molecule has 0 heterocycles. The Kier molecular flexibility index (Phi) is 3.99. The van der Waals surface area contributed by atoms with Crippen molar-refractivity contribution in [1.82, 2.24) is 0 Å². The summed E-state index contributed by atoms with van der Waals surface area (Å²) in [5.74, 6) is -7.52. The van der Waals surface area contributed by atoms with E-state index in [4.69, 9.17) is 20.4 Å². The van der Waals surface area contributed by atoms with Gasteiger partial charge in [-0.15, -0.1) is 0 Å². The molecule has 0 amide bonds. The molecule has 0 aliphatic rings. The fourth-order valence-corrected chi connectivity index (χ4v) is 0.772. The molecule has 15 heavy (non-hydrogen) atoms. The topological polar surface area (TPSA) is 149 Å². The number of aliphatic carboxylic acids is 4. The summed E-state index contributed by atoms with van der Waals surface area (Å²) in [7, 11) is 0. The monoisotopic (exact) mass is 218 g/mol. The quantitative estimate of drug-likeness (QED) is 0.261. The van der Waals surface area contributed by atoms with Gasteiger partial charge in [0.1, 0.15) is 0 Å². The lowest BCUT2D eigenvalue weighted by molar-refractivity contribution is -0.143. The van der Waals surface area contributed by atoms with Crippen molar-refractivity contribution in [2.24, 2.45) is 0 Å². The highest BCUT2D eigenvalue weighted by Crippen LogP contribution is 2.10. The third kappa shape index (κ3) is 3.46. The molecule has 0 aromatic heterocycles. The van der Waals surface area contributed by atoms with Crippen LogP contribution < -0.4 is 0 Å². The van der Waals surface area contributed by atoms with E-state index in [-0.39, 0.29) is 0 Å². The van der Waals surface area contributed by atoms with Gasteiger partial charge in [0.15, 0.2) is 5.57 Å². The van der Waals surface area contributed by atoms with E-state index in [9.17, 15) is 19.2 Å². The lowest BCUT2D eigenvalue weighted by atomic mass is 10.1. The first kappa shape index (κ1) is 12.6. The third-order valence-corrected chi connectivity index (χ3v) is 1.32. The summed E-state index contributed by atoms with van der Waals surface area (Å²) in [6, 6.07) is 0. The molecule has 0 aliphatic carbocycles. The van der Waals surface area contributed by atoms with Gasteiger partial charge in [-0.3, -0.25) is 4.79 Å². The summed E-state index contributed by atoms with van der Waals surface area (Å²) in [6.45, 7) is 0. The zero-order valence-electron chi connectivity index (χ0n) is 7.13. The minimum Gasteiger partial charge on any atom is -0.481 e. The molecule has 8 heteroatoms. The average molecular weight is 218 g/mol. The number of hydrogen-bond acceptors (Lipinski definition) is 4. The van der Waals surface area contributed by atoms with Crippen LogP contribution in [0.25, 0.3) is 0 Å². The highest BCUT2D eigenvalue weighted by molar-refractivity contribution is 6.18. The van der Waals surface area contributed by atoms with Crippen molar-refractivity contribution in [1.29, 1.82) is 0 Å². The third-order valence-electron chi connectivity index (χ3n) is 1.32. The van der Waals surface area contributed by atoms with Crippen molar-refractivity contribution in [2.45, 2.75) is 6.42 Å². The maximum absolute atomic E-state index is 10.4. The molecule has 0 fully saturated rings. The Balaban J connectivity index is 5.56. The molecule has 0 saturated heterocycles. The van der Waals surface area contributed by atoms with E-state index in [1.807, 2.05) is 0 Å². The molecule has 4 N–H and O–H groups in total. The van der Waals surface area contributed by atoms with E-state index < -0.39 is 41.4 Å². The van der Waals surface area contributed by atoms with Crippen LogP contribution >= 0.6 is 0 Å². The van der Waals surface area contributed by atoms with Gasteiger partial charge in [0.2, 0.25) is 0 Å². The Morgan fingerprint density at radius 3 is 1.33 bits per heavy atom. The number of hydrogen-bond donors (Lipinski definition) is 4. The summed E-state index contributed by atoms with van der Waals surface area (Å²) < 4.78 is 0. The van der Waals surface area contributed by atoms with Crippen molar-refractivity contribution in [2.75, 3.05) is 0 Å². The predicted octanol–water partition coefficient (Wildman–Crippen LogP) is -0.988. The lowest BCUT2D eigenvalue weighted by Crippen LogP contribution is -2.20. The highest BCUT2D eigenvalue weighted by atomic mass is 16.4. The van der Waals surface area contributed by atoms with Crippen LogP contribution in [0.15, 0.2) is 11.1 Å². The SMILES string of the molecule is O=C(O)CC(C(=O)O)=C(C(=O)O)C(=O)O. The molecule has 0 rings (SSSR count). The van der Waals surface area contributed by atoms with Gasteiger partial charge in [-0.2, -0.15) is 0 Å². The number of carboxylic acids is 4. The normalized spacial score (nSPS) is 9.07. The van der Waals surface area contributed by atoms with Crippen molar-refractivity contribution in [3.8, 4) is 0 Å². The number of rotatable bonds is 5. The maximum Gasteiger partial charge on any atom is 0.343 e. The molecule has 8 nitrogen and oxygen atoms in total.